The van der Waals surface area contributed by atoms with Gasteiger partial charge in [0.15, 0.2) is 5.96 Å². The Kier molecular flexibility index (Phi) is 6.72. The molecule has 0 bridgehead atoms. The number of nitrogens with zero attached hydrogens (tertiary/aromatic N) is 1. The molecule has 0 spiro atoms. The van der Waals surface area contributed by atoms with E-state index in [0.717, 1.165) is 12.1 Å². The predicted octanol–water partition coefficient (Wildman–Crippen LogP) is 2.74. The maximum absolute atomic E-state index is 11.3. The number of carbonyl (C=O) groups excluding carboxylic acids is 1. The van der Waals surface area contributed by atoms with Crippen LogP contribution in [0.25, 0.3) is 0 Å². The fourth-order valence-corrected chi connectivity index (χ4v) is 1.83. The maximum atomic E-state index is 11.3. The number of hydrogen-bond acceptors (Lipinski definition) is 3. The van der Waals surface area contributed by atoms with Crippen molar-refractivity contribution in [2.24, 2.45) is 16.6 Å². The third kappa shape index (κ3) is 5.45. The summed E-state index contributed by atoms with van der Waals surface area (Å²) in [6.07, 6.45) is 1.11. The van der Waals surface area contributed by atoms with Gasteiger partial charge in [-0.25, -0.2) is 0 Å². The minimum Gasteiger partial charge on any atom is -0.469 e. The van der Waals surface area contributed by atoms with Crippen molar-refractivity contribution in [3.8, 4) is 0 Å². The minimum atomic E-state index is -0.303. The zero-order chi connectivity index (χ0) is 15.8. The van der Waals surface area contributed by atoms with Gasteiger partial charge in [0.25, 0.3) is 0 Å². The molecule has 2 atom stereocenters. The molecule has 0 aromatic heterocycles. The predicted molar refractivity (Wildman–Crippen MR) is 86.4 cm³/mol. The second-order valence-electron chi connectivity index (χ2n) is 5.21. The molecule has 0 heterocycles. The van der Waals surface area contributed by atoms with Gasteiger partial charge < -0.3 is 15.8 Å². The lowest BCUT2D eigenvalue weighted by molar-refractivity contribution is -0.144. The van der Waals surface area contributed by atoms with Gasteiger partial charge >= 0.3 is 5.97 Å². The Hall–Kier alpha value is -2.04. The summed E-state index contributed by atoms with van der Waals surface area (Å²) in [5.41, 5.74) is 7.99. The number of aliphatic imine (C=N–C) groups is 1. The van der Waals surface area contributed by atoms with Crippen molar-refractivity contribution >= 4 is 17.6 Å². The molecule has 3 N–H and O–H groups in total. The van der Waals surface area contributed by atoms with Crippen molar-refractivity contribution in [1.29, 1.82) is 0 Å². The van der Waals surface area contributed by atoms with E-state index in [1.807, 2.05) is 12.1 Å². The largest absolute Gasteiger partial charge is 0.469 e. The first kappa shape index (κ1) is 17.0. The monoisotopic (exact) mass is 291 g/mol. The Morgan fingerprint density at radius 1 is 1.33 bits per heavy atom. The average Bonchev–Trinajstić information content (AvgIpc) is 2.51. The quantitative estimate of drug-likeness (QED) is 0.480. The Morgan fingerprint density at radius 2 is 1.95 bits per heavy atom. The van der Waals surface area contributed by atoms with Crippen LogP contribution in [0.3, 0.4) is 0 Å². The molecular formula is C16H25N3O2. The first-order valence-corrected chi connectivity index (χ1v) is 7.22. The topological polar surface area (TPSA) is 76.7 Å². The number of nitrogens with one attached hydrogen (secondary N) is 1. The van der Waals surface area contributed by atoms with Gasteiger partial charge in [0.2, 0.25) is 0 Å². The summed E-state index contributed by atoms with van der Waals surface area (Å²) in [7, 11) is 1.36. The molecule has 0 radical (unpaired) electrons. The van der Waals surface area contributed by atoms with E-state index in [-0.39, 0.29) is 11.9 Å². The molecule has 5 heteroatoms. The third-order valence-electron chi connectivity index (χ3n) is 3.50. The number of guanidine groups is 1. The molecule has 0 aliphatic rings. The number of esters is 1. The Balaban J connectivity index is 2.58. The van der Waals surface area contributed by atoms with Crippen LogP contribution >= 0.6 is 0 Å². The van der Waals surface area contributed by atoms with Crippen molar-refractivity contribution in [3.63, 3.8) is 0 Å². The molecule has 1 aromatic rings. The first-order valence-electron chi connectivity index (χ1n) is 7.22. The number of hydrogen-bond donors (Lipinski definition) is 2. The molecule has 0 aliphatic heterocycles. The average molecular weight is 291 g/mol. The highest BCUT2D eigenvalue weighted by molar-refractivity contribution is 5.92. The van der Waals surface area contributed by atoms with E-state index in [1.165, 1.54) is 12.7 Å². The summed E-state index contributed by atoms with van der Waals surface area (Å²) in [5, 5.41) is 3.01. The van der Waals surface area contributed by atoms with Gasteiger partial charge in [0, 0.05) is 5.69 Å². The third-order valence-corrected chi connectivity index (χ3v) is 3.50. The van der Waals surface area contributed by atoms with Crippen molar-refractivity contribution < 1.29 is 9.53 Å². The Morgan fingerprint density at radius 3 is 2.48 bits per heavy atom. The van der Waals surface area contributed by atoms with E-state index < -0.39 is 0 Å². The zero-order valence-electron chi connectivity index (χ0n) is 13.2. The first-order chi connectivity index (χ1) is 9.97. The fourth-order valence-electron chi connectivity index (χ4n) is 1.83. The number of anilines is 1. The van der Waals surface area contributed by atoms with Crippen molar-refractivity contribution in [2.75, 3.05) is 19.0 Å². The van der Waals surface area contributed by atoms with Gasteiger partial charge in [0.05, 0.1) is 19.6 Å². The molecule has 2 unspecified atom stereocenters. The molecule has 0 amide bonds. The molecule has 0 fully saturated rings. The van der Waals surface area contributed by atoms with E-state index in [1.54, 1.807) is 6.92 Å². The van der Waals surface area contributed by atoms with Crippen molar-refractivity contribution in [1.82, 2.24) is 0 Å². The fraction of sp³-hybridized carbons (Fsp3) is 0.500. The van der Waals surface area contributed by atoms with E-state index in [4.69, 9.17) is 5.73 Å². The number of nitrogens with two attached hydrogens (primary N) is 1. The molecule has 0 aliphatic carbocycles. The van der Waals surface area contributed by atoms with Crippen LogP contribution in [0.15, 0.2) is 29.3 Å². The summed E-state index contributed by atoms with van der Waals surface area (Å²) >= 11 is 0. The van der Waals surface area contributed by atoms with Crippen LogP contribution in [0.5, 0.6) is 0 Å². The Bertz CT molecular complexity index is 483. The highest BCUT2D eigenvalue weighted by Crippen LogP contribution is 2.20. The van der Waals surface area contributed by atoms with E-state index in [2.05, 4.69) is 41.0 Å². The van der Waals surface area contributed by atoms with Crippen LogP contribution in [-0.4, -0.2) is 25.6 Å². The van der Waals surface area contributed by atoms with Crippen molar-refractivity contribution in [3.05, 3.63) is 29.8 Å². The van der Waals surface area contributed by atoms with Crippen LogP contribution in [-0.2, 0) is 9.53 Å². The van der Waals surface area contributed by atoms with E-state index in [9.17, 15) is 4.79 Å². The second kappa shape index (κ2) is 8.29. The zero-order valence-corrected chi connectivity index (χ0v) is 13.2. The molecule has 21 heavy (non-hydrogen) atoms. The van der Waals surface area contributed by atoms with E-state index in [0.29, 0.717) is 18.4 Å². The number of benzene rings is 1. The van der Waals surface area contributed by atoms with Gasteiger partial charge in [-0.1, -0.05) is 32.9 Å². The molecule has 1 rings (SSSR count). The van der Waals surface area contributed by atoms with Gasteiger partial charge in [-0.2, -0.15) is 0 Å². The number of ether oxygens (including phenoxy) is 1. The summed E-state index contributed by atoms with van der Waals surface area (Å²) in [4.78, 5) is 15.4. The number of carbonyl (C=O) groups is 1. The Labute approximate surface area is 126 Å². The van der Waals surface area contributed by atoms with Crippen LogP contribution in [0, 0.1) is 5.92 Å². The van der Waals surface area contributed by atoms with Gasteiger partial charge in [0.1, 0.15) is 0 Å². The van der Waals surface area contributed by atoms with E-state index >= 15 is 0 Å². The molecular weight excluding hydrogens is 266 g/mol. The molecule has 1 aromatic carbocycles. The van der Waals surface area contributed by atoms with Gasteiger partial charge in [-0.3, -0.25) is 9.79 Å². The second-order valence-corrected chi connectivity index (χ2v) is 5.21. The number of rotatable bonds is 6. The lowest BCUT2D eigenvalue weighted by Gasteiger charge is -2.11. The van der Waals surface area contributed by atoms with Crippen LogP contribution in [0.1, 0.15) is 38.7 Å². The van der Waals surface area contributed by atoms with Gasteiger partial charge in [-0.15, -0.1) is 0 Å². The van der Waals surface area contributed by atoms with Gasteiger partial charge in [-0.05, 0) is 30.0 Å². The standard InChI is InChI=1S/C16H25N3O2/c1-5-11(2)13-6-8-14(9-7-13)19-16(17)18-10-12(3)15(20)21-4/h6-9,11-12H,5,10H2,1-4H3,(H3,17,18,19). The van der Waals surface area contributed by atoms with Crippen LogP contribution in [0.4, 0.5) is 5.69 Å². The highest BCUT2D eigenvalue weighted by atomic mass is 16.5. The summed E-state index contributed by atoms with van der Waals surface area (Å²) in [6, 6.07) is 8.13. The lowest BCUT2D eigenvalue weighted by atomic mass is 9.99. The summed E-state index contributed by atoms with van der Waals surface area (Å²) in [6.45, 7) is 6.43. The molecule has 5 nitrogen and oxygen atoms in total. The number of methoxy groups -OCH3 is 1. The van der Waals surface area contributed by atoms with Crippen LogP contribution in [0.2, 0.25) is 0 Å². The van der Waals surface area contributed by atoms with Crippen molar-refractivity contribution in [2.45, 2.75) is 33.1 Å². The SMILES string of the molecule is CCC(C)c1ccc(NC(N)=NCC(C)C(=O)OC)cc1. The normalized spacial score (nSPS) is 14.4. The smallest absolute Gasteiger partial charge is 0.310 e. The van der Waals surface area contributed by atoms with Crippen LogP contribution < -0.4 is 11.1 Å². The lowest BCUT2D eigenvalue weighted by Crippen LogP contribution is -2.25. The minimum absolute atomic E-state index is 0.288. The molecule has 116 valence electrons. The molecule has 0 saturated heterocycles. The molecule has 0 saturated carbocycles. The maximum Gasteiger partial charge on any atom is 0.310 e. The highest BCUT2D eigenvalue weighted by Gasteiger charge is 2.12. The summed E-state index contributed by atoms with van der Waals surface area (Å²) in [5.74, 6) is 0.251. The summed E-state index contributed by atoms with van der Waals surface area (Å²) < 4.78 is 4.64.